The third-order valence-corrected chi connectivity index (χ3v) is 3.76. The molecule has 0 heterocycles. The van der Waals surface area contributed by atoms with Gasteiger partial charge < -0.3 is 20.1 Å². The van der Waals surface area contributed by atoms with Gasteiger partial charge in [0.2, 0.25) is 0 Å². The fourth-order valence-corrected chi connectivity index (χ4v) is 2.17. The molecule has 1 aromatic carbocycles. The Labute approximate surface area is 164 Å². The highest BCUT2D eigenvalue weighted by atomic mass is 16.5. The van der Waals surface area contributed by atoms with E-state index in [0.29, 0.717) is 17.9 Å². The number of hydrogen-bond acceptors (Lipinski definition) is 6. The Hall–Kier alpha value is -3.10. The van der Waals surface area contributed by atoms with Gasteiger partial charge >= 0.3 is 12.0 Å². The molecule has 0 aromatic heterocycles. The largest absolute Gasteiger partial charge is 0.494 e. The summed E-state index contributed by atoms with van der Waals surface area (Å²) in [6.07, 6.45) is -1.20. The van der Waals surface area contributed by atoms with Crippen LogP contribution in [-0.4, -0.2) is 49.6 Å². The Morgan fingerprint density at radius 1 is 1.04 bits per heavy atom. The first-order valence-electron chi connectivity index (χ1n) is 8.96. The highest BCUT2D eigenvalue weighted by Crippen LogP contribution is 2.13. The molecule has 2 atom stereocenters. The summed E-state index contributed by atoms with van der Waals surface area (Å²) in [6.45, 7) is 7.18. The highest BCUT2D eigenvalue weighted by Gasteiger charge is 2.29. The number of amides is 4. The standard InChI is InChI=1S/C19H27N3O6/c1-6-27-14-9-7-13(8-10-14)17(24)21-15(11(2)3)18(25)28-12(4)16(23)22-19(26)20-5/h7-12,15H,6H2,1-5H3,(H,21,24)(H2,20,22,23,26)/t12-,15+/m1/s1. The van der Waals surface area contributed by atoms with Crippen LogP contribution in [0.2, 0.25) is 0 Å². The third kappa shape index (κ3) is 6.90. The molecule has 0 unspecified atom stereocenters. The van der Waals surface area contributed by atoms with Gasteiger partial charge in [-0.25, -0.2) is 9.59 Å². The third-order valence-electron chi connectivity index (χ3n) is 3.76. The SMILES string of the molecule is CCOc1ccc(C(=O)N[C@H](C(=O)O[C@H](C)C(=O)NC(=O)NC)C(C)C)cc1. The van der Waals surface area contributed by atoms with Crippen molar-refractivity contribution in [2.75, 3.05) is 13.7 Å². The first-order valence-corrected chi connectivity index (χ1v) is 8.96. The Kier molecular flexibility index (Phi) is 8.94. The molecule has 3 N–H and O–H groups in total. The van der Waals surface area contributed by atoms with Crippen molar-refractivity contribution < 1.29 is 28.7 Å². The second kappa shape index (κ2) is 10.9. The van der Waals surface area contributed by atoms with Crippen molar-refractivity contribution in [1.82, 2.24) is 16.0 Å². The number of esters is 1. The Morgan fingerprint density at radius 3 is 2.14 bits per heavy atom. The zero-order valence-corrected chi connectivity index (χ0v) is 16.7. The molecule has 9 nitrogen and oxygen atoms in total. The minimum atomic E-state index is -1.20. The van der Waals surface area contributed by atoms with Crippen LogP contribution in [0.1, 0.15) is 38.1 Å². The second-order valence-electron chi connectivity index (χ2n) is 6.30. The zero-order valence-electron chi connectivity index (χ0n) is 16.7. The van der Waals surface area contributed by atoms with E-state index < -0.39 is 36.0 Å². The van der Waals surface area contributed by atoms with Crippen LogP contribution >= 0.6 is 0 Å². The molecule has 0 spiro atoms. The van der Waals surface area contributed by atoms with Gasteiger partial charge in [0.15, 0.2) is 6.10 Å². The van der Waals surface area contributed by atoms with Gasteiger partial charge in [-0.05, 0) is 44.0 Å². The number of carbonyl (C=O) groups excluding carboxylic acids is 4. The van der Waals surface area contributed by atoms with Crippen LogP contribution in [0.3, 0.4) is 0 Å². The Bertz CT molecular complexity index is 702. The molecule has 0 saturated carbocycles. The van der Waals surface area contributed by atoms with E-state index in [1.54, 1.807) is 38.1 Å². The first-order chi connectivity index (χ1) is 13.2. The fourth-order valence-electron chi connectivity index (χ4n) is 2.17. The molecule has 0 bridgehead atoms. The molecule has 0 radical (unpaired) electrons. The second-order valence-corrected chi connectivity index (χ2v) is 6.30. The van der Waals surface area contributed by atoms with Crippen molar-refractivity contribution in [2.24, 2.45) is 5.92 Å². The lowest BCUT2D eigenvalue weighted by Gasteiger charge is -2.23. The lowest BCUT2D eigenvalue weighted by Crippen LogP contribution is -2.49. The van der Waals surface area contributed by atoms with Crippen molar-refractivity contribution in [1.29, 1.82) is 0 Å². The average Bonchev–Trinajstić information content (AvgIpc) is 2.66. The van der Waals surface area contributed by atoms with Gasteiger partial charge in [-0.2, -0.15) is 0 Å². The maximum absolute atomic E-state index is 12.4. The van der Waals surface area contributed by atoms with Crippen LogP contribution < -0.4 is 20.7 Å². The molecule has 1 rings (SSSR count). The highest BCUT2D eigenvalue weighted by molar-refractivity contribution is 5.98. The Balaban J connectivity index is 2.75. The summed E-state index contributed by atoms with van der Waals surface area (Å²) < 4.78 is 10.4. The van der Waals surface area contributed by atoms with E-state index in [9.17, 15) is 19.2 Å². The van der Waals surface area contributed by atoms with Gasteiger partial charge in [0.1, 0.15) is 11.8 Å². The lowest BCUT2D eigenvalue weighted by atomic mass is 10.0. The van der Waals surface area contributed by atoms with E-state index in [4.69, 9.17) is 9.47 Å². The Morgan fingerprint density at radius 2 is 1.64 bits per heavy atom. The van der Waals surface area contributed by atoms with Crippen molar-refractivity contribution in [3.63, 3.8) is 0 Å². The quantitative estimate of drug-likeness (QED) is 0.571. The van der Waals surface area contributed by atoms with Crippen LogP contribution in [0.4, 0.5) is 4.79 Å². The number of urea groups is 1. The summed E-state index contributed by atoms with van der Waals surface area (Å²) in [5.74, 6) is -1.65. The summed E-state index contributed by atoms with van der Waals surface area (Å²) in [7, 11) is 1.35. The molecule has 154 valence electrons. The molecule has 4 amide bonds. The van der Waals surface area contributed by atoms with Gasteiger partial charge in [-0.1, -0.05) is 13.8 Å². The van der Waals surface area contributed by atoms with Gasteiger partial charge in [0, 0.05) is 12.6 Å². The molecule has 28 heavy (non-hydrogen) atoms. The normalized spacial score (nSPS) is 12.5. The molecule has 0 aliphatic rings. The lowest BCUT2D eigenvalue weighted by molar-refractivity contribution is -0.157. The van der Waals surface area contributed by atoms with Crippen LogP contribution in [0.15, 0.2) is 24.3 Å². The van der Waals surface area contributed by atoms with Crippen LogP contribution in [0, 0.1) is 5.92 Å². The van der Waals surface area contributed by atoms with E-state index in [1.807, 2.05) is 12.2 Å². The number of hydrogen-bond donors (Lipinski definition) is 3. The summed E-state index contributed by atoms with van der Waals surface area (Å²) in [6, 6.07) is 4.82. The van der Waals surface area contributed by atoms with Gasteiger partial charge in [0.25, 0.3) is 11.8 Å². The predicted molar refractivity (Wildman–Crippen MR) is 102 cm³/mol. The minimum absolute atomic E-state index is 0.284. The molecule has 0 aliphatic carbocycles. The summed E-state index contributed by atoms with van der Waals surface area (Å²) in [5, 5.41) is 6.86. The maximum Gasteiger partial charge on any atom is 0.329 e. The van der Waals surface area contributed by atoms with E-state index in [-0.39, 0.29) is 5.92 Å². The molecular formula is C19H27N3O6. The smallest absolute Gasteiger partial charge is 0.329 e. The van der Waals surface area contributed by atoms with Gasteiger partial charge in [-0.3, -0.25) is 14.9 Å². The predicted octanol–water partition coefficient (Wildman–Crippen LogP) is 1.23. The van der Waals surface area contributed by atoms with Crippen molar-refractivity contribution >= 4 is 23.8 Å². The topological polar surface area (TPSA) is 123 Å². The molecule has 0 aliphatic heterocycles. The maximum atomic E-state index is 12.4. The van der Waals surface area contributed by atoms with E-state index in [2.05, 4.69) is 10.6 Å². The van der Waals surface area contributed by atoms with Crippen molar-refractivity contribution in [3.8, 4) is 5.75 Å². The number of nitrogens with one attached hydrogen (secondary N) is 3. The number of ether oxygens (including phenoxy) is 2. The number of carbonyl (C=O) groups is 4. The number of rotatable bonds is 8. The summed E-state index contributed by atoms with van der Waals surface area (Å²) in [4.78, 5) is 47.9. The average molecular weight is 393 g/mol. The molecule has 0 saturated heterocycles. The van der Waals surface area contributed by atoms with E-state index in [0.717, 1.165) is 0 Å². The number of imide groups is 1. The summed E-state index contributed by atoms with van der Waals surface area (Å²) in [5.41, 5.74) is 0.354. The zero-order chi connectivity index (χ0) is 21.3. The van der Waals surface area contributed by atoms with Crippen LogP contribution in [0.25, 0.3) is 0 Å². The van der Waals surface area contributed by atoms with E-state index >= 15 is 0 Å². The fraction of sp³-hybridized carbons (Fsp3) is 0.474. The van der Waals surface area contributed by atoms with Crippen molar-refractivity contribution in [2.45, 2.75) is 39.8 Å². The van der Waals surface area contributed by atoms with E-state index in [1.165, 1.54) is 14.0 Å². The van der Waals surface area contributed by atoms with Gasteiger partial charge in [0.05, 0.1) is 6.61 Å². The monoisotopic (exact) mass is 393 g/mol. The molecule has 0 fully saturated rings. The first kappa shape index (κ1) is 22.9. The minimum Gasteiger partial charge on any atom is -0.494 e. The number of benzene rings is 1. The molecule has 1 aromatic rings. The van der Waals surface area contributed by atoms with Crippen molar-refractivity contribution in [3.05, 3.63) is 29.8 Å². The van der Waals surface area contributed by atoms with Gasteiger partial charge in [-0.15, -0.1) is 0 Å². The molecular weight excluding hydrogens is 366 g/mol. The van der Waals surface area contributed by atoms with Crippen LogP contribution in [0.5, 0.6) is 5.75 Å². The summed E-state index contributed by atoms with van der Waals surface area (Å²) >= 11 is 0. The molecule has 9 heteroatoms. The van der Waals surface area contributed by atoms with Crippen LogP contribution in [-0.2, 0) is 14.3 Å².